The number of carbonyl (C=O) groups is 2. The van der Waals surface area contributed by atoms with E-state index in [9.17, 15) is 9.59 Å². The highest BCUT2D eigenvalue weighted by atomic mass is 16.5. The van der Waals surface area contributed by atoms with Gasteiger partial charge < -0.3 is 15.2 Å². The molecular weight excluding hydrogens is 246 g/mol. The van der Waals surface area contributed by atoms with Crippen molar-refractivity contribution in [2.24, 2.45) is 11.3 Å². The van der Waals surface area contributed by atoms with E-state index in [1.165, 1.54) is 0 Å². The topological polar surface area (TPSA) is 75.6 Å². The first kappa shape index (κ1) is 14.3. The van der Waals surface area contributed by atoms with E-state index >= 15 is 0 Å². The van der Waals surface area contributed by atoms with Gasteiger partial charge in [0.1, 0.15) is 0 Å². The van der Waals surface area contributed by atoms with Gasteiger partial charge >= 0.3 is 5.97 Å². The maximum absolute atomic E-state index is 11.9. The molecule has 2 rings (SSSR count). The molecule has 3 unspecified atom stereocenters. The molecule has 1 saturated heterocycles. The number of hydrogen-bond acceptors (Lipinski definition) is 3. The van der Waals surface area contributed by atoms with Crippen LogP contribution in [-0.2, 0) is 14.3 Å². The number of unbranched alkanes of at least 4 members (excludes halogenated alkanes) is 1. The van der Waals surface area contributed by atoms with Crippen molar-refractivity contribution in [1.82, 2.24) is 5.32 Å². The Morgan fingerprint density at radius 3 is 2.68 bits per heavy atom. The monoisotopic (exact) mass is 269 g/mol. The minimum absolute atomic E-state index is 0.0118. The van der Waals surface area contributed by atoms with Gasteiger partial charge in [-0.1, -0.05) is 13.8 Å². The lowest BCUT2D eigenvalue weighted by atomic mass is 9.57. The molecule has 2 aliphatic rings. The molecule has 0 radical (unpaired) electrons. The lowest BCUT2D eigenvalue weighted by Gasteiger charge is -2.54. The molecule has 5 heteroatoms. The van der Waals surface area contributed by atoms with Crippen LogP contribution in [0.2, 0.25) is 0 Å². The second kappa shape index (κ2) is 5.49. The highest BCUT2D eigenvalue weighted by Crippen LogP contribution is 2.52. The number of hydrogen-bond donors (Lipinski definition) is 2. The maximum atomic E-state index is 11.9. The van der Waals surface area contributed by atoms with Gasteiger partial charge in [-0.3, -0.25) is 9.59 Å². The van der Waals surface area contributed by atoms with Crippen molar-refractivity contribution in [1.29, 1.82) is 0 Å². The third-order valence-electron chi connectivity index (χ3n) is 4.46. The van der Waals surface area contributed by atoms with Crippen molar-refractivity contribution in [2.75, 3.05) is 6.61 Å². The SMILES string of the molecule is CC1(C)C(NC(=O)CCCCC(=O)O)C2CCOC21. The largest absolute Gasteiger partial charge is 0.481 e. The first-order valence-electron chi connectivity index (χ1n) is 7.05. The lowest BCUT2D eigenvalue weighted by molar-refractivity contribution is -0.139. The second-order valence-corrected chi connectivity index (χ2v) is 6.21. The number of ether oxygens (including phenoxy) is 1. The second-order valence-electron chi connectivity index (χ2n) is 6.21. The molecule has 3 atom stereocenters. The van der Waals surface area contributed by atoms with E-state index in [4.69, 9.17) is 9.84 Å². The molecule has 0 bridgehead atoms. The Bertz CT molecular complexity index is 366. The molecule has 5 nitrogen and oxygen atoms in total. The first-order valence-corrected chi connectivity index (χ1v) is 7.05. The summed E-state index contributed by atoms with van der Waals surface area (Å²) in [4.78, 5) is 22.2. The number of fused-ring (bicyclic) bond motifs is 1. The quantitative estimate of drug-likeness (QED) is 0.718. The third kappa shape index (κ3) is 2.91. The molecule has 1 saturated carbocycles. The molecule has 2 N–H and O–H groups in total. The van der Waals surface area contributed by atoms with E-state index < -0.39 is 5.97 Å². The summed E-state index contributed by atoms with van der Waals surface area (Å²) >= 11 is 0. The molecule has 108 valence electrons. The molecule has 0 aromatic rings. The molecule has 0 spiro atoms. The van der Waals surface area contributed by atoms with Crippen LogP contribution in [0, 0.1) is 11.3 Å². The van der Waals surface area contributed by atoms with E-state index in [0.29, 0.717) is 25.2 Å². The molecule has 0 aromatic carbocycles. The van der Waals surface area contributed by atoms with Gasteiger partial charge in [0.15, 0.2) is 0 Å². The molecule has 1 aliphatic carbocycles. The summed E-state index contributed by atoms with van der Waals surface area (Å²) in [5.41, 5.74) is 0.0118. The van der Waals surface area contributed by atoms with Gasteiger partial charge in [0, 0.05) is 36.8 Å². The van der Waals surface area contributed by atoms with Crippen LogP contribution < -0.4 is 5.32 Å². The summed E-state index contributed by atoms with van der Waals surface area (Å²) in [5, 5.41) is 11.6. The van der Waals surface area contributed by atoms with Gasteiger partial charge in [0.25, 0.3) is 0 Å². The van der Waals surface area contributed by atoms with E-state index in [1.807, 2.05) is 0 Å². The molecule has 1 heterocycles. The summed E-state index contributed by atoms with van der Waals surface area (Å²) < 4.78 is 5.69. The Labute approximate surface area is 113 Å². The molecule has 1 aliphatic heterocycles. The van der Waals surface area contributed by atoms with Crippen LogP contribution >= 0.6 is 0 Å². The van der Waals surface area contributed by atoms with Crippen molar-refractivity contribution in [3.05, 3.63) is 0 Å². The fourth-order valence-corrected chi connectivity index (χ4v) is 3.42. The summed E-state index contributed by atoms with van der Waals surface area (Å²) in [5.74, 6) is -0.307. The maximum Gasteiger partial charge on any atom is 0.303 e. The highest BCUT2D eigenvalue weighted by molar-refractivity contribution is 5.76. The van der Waals surface area contributed by atoms with Crippen LogP contribution in [0.4, 0.5) is 0 Å². The van der Waals surface area contributed by atoms with E-state index in [2.05, 4.69) is 19.2 Å². The van der Waals surface area contributed by atoms with E-state index in [1.54, 1.807) is 0 Å². The van der Waals surface area contributed by atoms with Crippen molar-refractivity contribution >= 4 is 11.9 Å². The van der Waals surface area contributed by atoms with Crippen LogP contribution in [0.5, 0.6) is 0 Å². The van der Waals surface area contributed by atoms with Crippen LogP contribution in [0.15, 0.2) is 0 Å². The average molecular weight is 269 g/mol. The number of nitrogens with one attached hydrogen (secondary N) is 1. The van der Waals surface area contributed by atoms with Crippen LogP contribution in [0.25, 0.3) is 0 Å². The number of amides is 1. The predicted molar refractivity (Wildman–Crippen MR) is 69.7 cm³/mol. The lowest BCUT2D eigenvalue weighted by Crippen LogP contribution is -2.66. The van der Waals surface area contributed by atoms with Gasteiger partial charge in [0.2, 0.25) is 5.91 Å². The Morgan fingerprint density at radius 2 is 2.00 bits per heavy atom. The predicted octanol–water partition coefficient (Wildman–Crippen LogP) is 1.56. The van der Waals surface area contributed by atoms with E-state index in [-0.39, 0.29) is 29.9 Å². The average Bonchev–Trinajstić information content (AvgIpc) is 2.78. The Balaban J connectivity index is 1.72. The standard InChI is InChI=1S/C14H23NO4/c1-14(2)12(9-7-8-19-13(9)14)15-10(16)5-3-4-6-11(17)18/h9,12-13H,3-8H2,1-2H3,(H,15,16)(H,17,18). The minimum atomic E-state index is -0.800. The number of aliphatic carboxylic acids is 1. The fraction of sp³-hybridized carbons (Fsp3) is 0.857. The van der Waals surface area contributed by atoms with Crippen molar-refractivity contribution in [3.8, 4) is 0 Å². The summed E-state index contributed by atoms with van der Waals surface area (Å²) in [7, 11) is 0. The summed E-state index contributed by atoms with van der Waals surface area (Å²) in [6.07, 6.45) is 3.06. The molecule has 2 fully saturated rings. The highest BCUT2D eigenvalue weighted by Gasteiger charge is 2.59. The minimum Gasteiger partial charge on any atom is -0.481 e. The van der Waals surface area contributed by atoms with E-state index in [0.717, 1.165) is 13.0 Å². The van der Waals surface area contributed by atoms with Gasteiger partial charge in [-0.15, -0.1) is 0 Å². The summed E-state index contributed by atoms with van der Waals surface area (Å²) in [6.45, 7) is 5.06. The van der Waals surface area contributed by atoms with Crippen LogP contribution in [0.3, 0.4) is 0 Å². The zero-order valence-electron chi connectivity index (χ0n) is 11.6. The number of carboxylic acid groups (broad SMARTS) is 1. The fourth-order valence-electron chi connectivity index (χ4n) is 3.42. The Kier molecular flexibility index (Phi) is 4.13. The normalized spacial score (nSPS) is 31.4. The van der Waals surface area contributed by atoms with Gasteiger partial charge in [0.05, 0.1) is 6.10 Å². The number of rotatable bonds is 6. The number of carbonyl (C=O) groups excluding carboxylic acids is 1. The van der Waals surface area contributed by atoms with Gasteiger partial charge in [-0.25, -0.2) is 0 Å². The van der Waals surface area contributed by atoms with Gasteiger partial charge in [-0.05, 0) is 19.3 Å². The smallest absolute Gasteiger partial charge is 0.303 e. The zero-order chi connectivity index (χ0) is 14.0. The molecule has 1 amide bonds. The first-order chi connectivity index (χ1) is 8.93. The Morgan fingerprint density at radius 1 is 1.32 bits per heavy atom. The Hall–Kier alpha value is -1.10. The van der Waals surface area contributed by atoms with Crippen LogP contribution in [0.1, 0.15) is 46.0 Å². The number of carboxylic acids is 1. The molecule has 19 heavy (non-hydrogen) atoms. The van der Waals surface area contributed by atoms with Crippen molar-refractivity contribution in [3.63, 3.8) is 0 Å². The molecular formula is C14H23NO4. The van der Waals surface area contributed by atoms with Crippen molar-refractivity contribution < 1.29 is 19.4 Å². The zero-order valence-corrected chi connectivity index (χ0v) is 11.6. The third-order valence-corrected chi connectivity index (χ3v) is 4.46. The van der Waals surface area contributed by atoms with Gasteiger partial charge in [-0.2, -0.15) is 0 Å². The molecule has 0 aromatic heterocycles. The summed E-state index contributed by atoms with van der Waals surface area (Å²) in [6, 6.07) is 0.201. The van der Waals surface area contributed by atoms with Crippen molar-refractivity contribution in [2.45, 2.75) is 58.1 Å². The van der Waals surface area contributed by atoms with Crippen LogP contribution in [-0.4, -0.2) is 35.7 Å².